The highest BCUT2D eigenvalue weighted by molar-refractivity contribution is 7.87. The lowest BCUT2D eigenvalue weighted by molar-refractivity contribution is 0.295. The number of nitrogens with two attached hydrogens (primary N) is 1. The molecule has 0 bridgehead atoms. The maximum Gasteiger partial charge on any atom is 0.277 e. The second-order valence-electron chi connectivity index (χ2n) is 4.90. The van der Waals surface area contributed by atoms with Crippen molar-refractivity contribution in [2.75, 3.05) is 6.54 Å². The van der Waals surface area contributed by atoms with Gasteiger partial charge in [0.2, 0.25) is 0 Å². The quantitative estimate of drug-likeness (QED) is 0.644. The largest absolute Gasteiger partial charge is 0.330 e. The van der Waals surface area contributed by atoms with Crippen LogP contribution >= 0.6 is 0 Å². The first-order valence-corrected chi connectivity index (χ1v) is 7.58. The smallest absolute Gasteiger partial charge is 0.277 e. The third-order valence-electron chi connectivity index (χ3n) is 3.42. The van der Waals surface area contributed by atoms with Crippen LogP contribution in [0.15, 0.2) is 0 Å². The molecule has 2 saturated carbocycles. The van der Waals surface area contributed by atoms with E-state index in [2.05, 4.69) is 9.44 Å². The Labute approximate surface area is 97.3 Å². The van der Waals surface area contributed by atoms with E-state index in [1.165, 1.54) is 0 Å². The molecule has 16 heavy (non-hydrogen) atoms. The summed E-state index contributed by atoms with van der Waals surface area (Å²) in [5, 5.41) is 0. The molecule has 2 fully saturated rings. The normalized spacial score (nSPS) is 31.6. The lowest BCUT2D eigenvalue weighted by atomic mass is 9.85. The van der Waals surface area contributed by atoms with E-state index in [1.54, 1.807) is 0 Å². The van der Waals surface area contributed by atoms with Gasteiger partial charge in [0.25, 0.3) is 10.2 Å². The zero-order valence-electron chi connectivity index (χ0n) is 9.48. The molecule has 2 aliphatic carbocycles. The van der Waals surface area contributed by atoms with E-state index >= 15 is 0 Å². The van der Waals surface area contributed by atoms with Crippen LogP contribution in [0.25, 0.3) is 0 Å². The van der Waals surface area contributed by atoms with Crippen LogP contribution in [0.3, 0.4) is 0 Å². The zero-order chi connectivity index (χ0) is 11.6. The van der Waals surface area contributed by atoms with Gasteiger partial charge in [-0.1, -0.05) is 12.8 Å². The molecule has 0 spiro atoms. The maximum absolute atomic E-state index is 11.7. The molecule has 0 heterocycles. The Morgan fingerprint density at radius 2 is 1.75 bits per heavy atom. The minimum Gasteiger partial charge on any atom is -0.330 e. The van der Waals surface area contributed by atoms with Crippen molar-refractivity contribution in [2.24, 2.45) is 11.7 Å². The predicted molar refractivity (Wildman–Crippen MR) is 63.0 cm³/mol. The summed E-state index contributed by atoms with van der Waals surface area (Å²) in [6, 6.07) is 0.187. The molecule has 6 heteroatoms. The van der Waals surface area contributed by atoms with E-state index in [0.29, 0.717) is 12.5 Å². The molecular formula is C10H21N3O2S. The average Bonchev–Trinajstić information content (AvgIpc) is 3.01. The van der Waals surface area contributed by atoms with E-state index in [0.717, 1.165) is 38.5 Å². The third kappa shape index (κ3) is 3.41. The summed E-state index contributed by atoms with van der Waals surface area (Å²) in [6.45, 7) is 0.566. The highest BCUT2D eigenvalue weighted by Crippen LogP contribution is 2.24. The molecule has 0 aromatic rings. The van der Waals surface area contributed by atoms with Crippen molar-refractivity contribution in [3.05, 3.63) is 0 Å². The van der Waals surface area contributed by atoms with Gasteiger partial charge in [0.15, 0.2) is 0 Å². The Kier molecular flexibility index (Phi) is 3.84. The van der Waals surface area contributed by atoms with Gasteiger partial charge >= 0.3 is 0 Å². The van der Waals surface area contributed by atoms with Gasteiger partial charge in [0.1, 0.15) is 0 Å². The van der Waals surface area contributed by atoms with Gasteiger partial charge in [-0.3, -0.25) is 0 Å². The highest BCUT2D eigenvalue weighted by Gasteiger charge is 2.31. The predicted octanol–water partition coefficient (Wildman–Crippen LogP) is 0.0903. The summed E-state index contributed by atoms with van der Waals surface area (Å²) in [5.41, 5.74) is 5.67. The topological polar surface area (TPSA) is 84.2 Å². The lowest BCUT2D eigenvalue weighted by Crippen LogP contribution is -2.49. The molecule has 5 nitrogen and oxygen atoms in total. The van der Waals surface area contributed by atoms with Crippen LogP contribution < -0.4 is 15.2 Å². The van der Waals surface area contributed by atoms with Gasteiger partial charge in [-0.2, -0.15) is 17.9 Å². The van der Waals surface area contributed by atoms with Crippen LogP contribution in [-0.4, -0.2) is 27.0 Å². The minimum atomic E-state index is -3.32. The van der Waals surface area contributed by atoms with Gasteiger partial charge in [-0.05, 0) is 38.1 Å². The molecule has 0 saturated heterocycles. The number of nitrogens with one attached hydrogen (secondary N) is 2. The van der Waals surface area contributed by atoms with E-state index in [4.69, 9.17) is 5.73 Å². The van der Waals surface area contributed by atoms with Crippen LogP contribution in [-0.2, 0) is 10.2 Å². The summed E-state index contributed by atoms with van der Waals surface area (Å²) in [4.78, 5) is 0. The molecule has 2 rings (SSSR count). The fourth-order valence-electron chi connectivity index (χ4n) is 2.30. The van der Waals surface area contributed by atoms with Gasteiger partial charge in [0.05, 0.1) is 0 Å². The van der Waals surface area contributed by atoms with Crippen LogP contribution in [0.5, 0.6) is 0 Å². The molecule has 2 unspecified atom stereocenters. The molecule has 94 valence electrons. The van der Waals surface area contributed by atoms with Crippen molar-refractivity contribution < 1.29 is 8.42 Å². The molecule has 2 atom stereocenters. The minimum absolute atomic E-state index is 0.0231. The highest BCUT2D eigenvalue weighted by atomic mass is 32.2. The van der Waals surface area contributed by atoms with Gasteiger partial charge in [-0.15, -0.1) is 0 Å². The van der Waals surface area contributed by atoms with E-state index < -0.39 is 10.2 Å². The third-order valence-corrected chi connectivity index (χ3v) is 4.67. The van der Waals surface area contributed by atoms with Crippen molar-refractivity contribution >= 4 is 10.2 Å². The van der Waals surface area contributed by atoms with Crippen molar-refractivity contribution in [2.45, 2.75) is 50.6 Å². The lowest BCUT2D eigenvalue weighted by Gasteiger charge is -2.30. The molecule has 0 radical (unpaired) electrons. The van der Waals surface area contributed by atoms with Crippen LogP contribution in [0.4, 0.5) is 0 Å². The first kappa shape index (κ1) is 12.3. The fourth-order valence-corrected chi connectivity index (χ4v) is 3.75. The van der Waals surface area contributed by atoms with Gasteiger partial charge in [-0.25, -0.2) is 0 Å². The summed E-state index contributed by atoms with van der Waals surface area (Å²) in [7, 11) is -3.32. The SMILES string of the molecule is NCC1CCCCC1NS(=O)(=O)NC1CC1. The average molecular weight is 247 g/mol. The molecule has 0 amide bonds. The first-order chi connectivity index (χ1) is 7.61. The van der Waals surface area contributed by atoms with Gasteiger partial charge in [0, 0.05) is 12.1 Å². The number of hydrogen-bond donors (Lipinski definition) is 3. The Morgan fingerprint density at radius 1 is 1.06 bits per heavy atom. The Bertz CT molecular complexity index is 327. The van der Waals surface area contributed by atoms with E-state index in [9.17, 15) is 8.42 Å². The molecule has 2 aliphatic rings. The monoisotopic (exact) mass is 247 g/mol. The zero-order valence-corrected chi connectivity index (χ0v) is 10.3. The molecule has 0 aliphatic heterocycles. The Morgan fingerprint density at radius 3 is 2.38 bits per heavy atom. The second kappa shape index (κ2) is 5.00. The summed E-state index contributed by atoms with van der Waals surface area (Å²) in [5.74, 6) is 0.296. The number of hydrogen-bond acceptors (Lipinski definition) is 3. The van der Waals surface area contributed by atoms with E-state index in [1.807, 2.05) is 0 Å². The van der Waals surface area contributed by atoms with Gasteiger partial charge < -0.3 is 5.73 Å². The standard InChI is InChI=1S/C10H21N3O2S/c11-7-8-3-1-2-4-10(8)13-16(14,15)12-9-5-6-9/h8-10,12-13H,1-7,11H2. The second-order valence-corrected chi connectivity index (χ2v) is 6.38. The first-order valence-electron chi connectivity index (χ1n) is 6.10. The van der Waals surface area contributed by atoms with Crippen molar-refractivity contribution in [3.8, 4) is 0 Å². The summed E-state index contributed by atoms with van der Waals surface area (Å²) in [6.07, 6.45) is 6.13. The molecule has 0 aromatic heterocycles. The van der Waals surface area contributed by atoms with Crippen LogP contribution in [0, 0.1) is 5.92 Å². The van der Waals surface area contributed by atoms with Crippen molar-refractivity contribution in [1.29, 1.82) is 0 Å². The molecule has 0 aromatic carbocycles. The van der Waals surface area contributed by atoms with Crippen molar-refractivity contribution in [1.82, 2.24) is 9.44 Å². The number of rotatable bonds is 5. The van der Waals surface area contributed by atoms with Crippen LogP contribution in [0.2, 0.25) is 0 Å². The summed E-state index contributed by atoms with van der Waals surface area (Å²) < 4.78 is 28.9. The van der Waals surface area contributed by atoms with E-state index in [-0.39, 0.29) is 12.1 Å². The molecular weight excluding hydrogens is 226 g/mol. The maximum atomic E-state index is 11.7. The molecule has 4 N–H and O–H groups in total. The Hall–Kier alpha value is -0.170. The van der Waals surface area contributed by atoms with Crippen molar-refractivity contribution in [3.63, 3.8) is 0 Å². The van der Waals surface area contributed by atoms with Crippen LogP contribution in [0.1, 0.15) is 38.5 Å². The Balaban J connectivity index is 1.90. The summed E-state index contributed by atoms with van der Waals surface area (Å²) >= 11 is 0. The fraction of sp³-hybridized carbons (Fsp3) is 1.00.